The van der Waals surface area contributed by atoms with Crippen LogP contribution in [-0.4, -0.2) is 28.2 Å². The molecule has 1 aromatic heterocycles. The van der Waals surface area contributed by atoms with E-state index < -0.39 is 0 Å². The molecule has 0 fully saturated rings. The first kappa shape index (κ1) is 19.6. The van der Waals surface area contributed by atoms with Crippen LogP contribution in [0.5, 0.6) is 0 Å². The minimum atomic E-state index is -0.208. The van der Waals surface area contributed by atoms with Crippen molar-refractivity contribution in [2.45, 2.75) is 20.4 Å². The number of carbonyl (C=O) groups is 2. The second kappa shape index (κ2) is 8.33. The SMILES string of the molecule is CCN(Cc1cccc(NC(=O)c2cc3ccccc3c3cccnc23)c1)C(C)=O. The van der Waals surface area contributed by atoms with E-state index in [2.05, 4.69) is 10.3 Å². The summed E-state index contributed by atoms with van der Waals surface area (Å²) in [5, 5.41) is 6.02. The molecule has 2 amide bonds. The Bertz CT molecular complexity index is 1250. The summed E-state index contributed by atoms with van der Waals surface area (Å²) in [7, 11) is 0. The molecule has 1 heterocycles. The van der Waals surface area contributed by atoms with Gasteiger partial charge in [0.15, 0.2) is 0 Å². The molecule has 0 saturated carbocycles. The normalized spacial score (nSPS) is 10.9. The van der Waals surface area contributed by atoms with Crippen LogP contribution < -0.4 is 5.32 Å². The van der Waals surface area contributed by atoms with Crippen LogP contribution in [0.25, 0.3) is 21.7 Å². The van der Waals surface area contributed by atoms with Crippen LogP contribution in [0, 0.1) is 0 Å². The highest BCUT2D eigenvalue weighted by Crippen LogP contribution is 2.28. The Labute approximate surface area is 175 Å². The number of anilines is 1. The Balaban J connectivity index is 1.67. The van der Waals surface area contributed by atoms with Crippen molar-refractivity contribution >= 4 is 39.2 Å². The Morgan fingerprint density at radius 1 is 0.967 bits per heavy atom. The van der Waals surface area contributed by atoms with Crippen molar-refractivity contribution < 1.29 is 9.59 Å². The van der Waals surface area contributed by atoms with Gasteiger partial charge in [0.2, 0.25) is 5.91 Å². The van der Waals surface area contributed by atoms with Gasteiger partial charge in [-0.15, -0.1) is 0 Å². The number of hydrogen-bond acceptors (Lipinski definition) is 3. The van der Waals surface area contributed by atoms with E-state index in [4.69, 9.17) is 0 Å². The fourth-order valence-corrected chi connectivity index (χ4v) is 3.71. The fraction of sp³-hybridized carbons (Fsp3) is 0.160. The summed E-state index contributed by atoms with van der Waals surface area (Å²) in [6.45, 7) is 4.66. The zero-order valence-corrected chi connectivity index (χ0v) is 17.1. The molecule has 0 saturated heterocycles. The Hall–Kier alpha value is -3.73. The van der Waals surface area contributed by atoms with Crippen LogP contribution in [-0.2, 0) is 11.3 Å². The zero-order chi connectivity index (χ0) is 21.1. The van der Waals surface area contributed by atoms with Crippen molar-refractivity contribution in [2.75, 3.05) is 11.9 Å². The van der Waals surface area contributed by atoms with Gasteiger partial charge in [0.1, 0.15) is 0 Å². The third-order valence-corrected chi connectivity index (χ3v) is 5.24. The molecule has 4 rings (SSSR count). The fourth-order valence-electron chi connectivity index (χ4n) is 3.71. The van der Waals surface area contributed by atoms with E-state index in [0.717, 1.165) is 21.7 Å². The summed E-state index contributed by atoms with van der Waals surface area (Å²) < 4.78 is 0. The maximum absolute atomic E-state index is 13.2. The van der Waals surface area contributed by atoms with Crippen LogP contribution in [0.3, 0.4) is 0 Å². The highest BCUT2D eigenvalue weighted by atomic mass is 16.2. The summed E-state index contributed by atoms with van der Waals surface area (Å²) in [4.78, 5) is 31.1. The number of aromatic nitrogens is 1. The van der Waals surface area contributed by atoms with Crippen LogP contribution in [0.2, 0.25) is 0 Å². The molecule has 0 aliphatic rings. The number of carbonyl (C=O) groups excluding carboxylic acids is 2. The standard InChI is InChI=1S/C25H23N3O2/c1-3-28(17(2)29)16-18-8-6-10-20(14-18)27-25(30)23-15-19-9-4-5-11-21(19)22-12-7-13-26-24(22)23/h4-15H,3,16H2,1-2H3,(H,27,30). The van der Waals surface area contributed by atoms with Gasteiger partial charge in [-0.05, 0) is 47.5 Å². The van der Waals surface area contributed by atoms with Crippen LogP contribution in [0.15, 0.2) is 72.9 Å². The molecule has 3 aromatic carbocycles. The van der Waals surface area contributed by atoms with Crippen molar-refractivity contribution in [3.05, 3.63) is 84.1 Å². The number of pyridine rings is 1. The summed E-state index contributed by atoms with van der Waals surface area (Å²) >= 11 is 0. The first-order chi connectivity index (χ1) is 14.6. The molecule has 5 nitrogen and oxygen atoms in total. The molecule has 0 spiro atoms. The van der Waals surface area contributed by atoms with Gasteiger partial charge in [0.25, 0.3) is 5.91 Å². The second-order valence-corrected chi connectivity index (χ2v) is 7.23. The van der Waals surface area contributed by atoms with Gasteiger partial charge in [-0.3, -0.25) is 14.6 Å². The maximum Gasteiger partial charge on any atom is 0.257 e. The van der Waals surface area contributed by atoms with E-state index in [1.54, 1.807) is 18.0 Å². The lowest BCUT2D eigenvalue weighted by atomic mass is 10.0. The maximum atomic E-state index is 13.2. The monoisotopic (exact) mass is 397 g/mol. The predicted molar refractivity (Wildman–Crippen MR) is 120 cm³/mol. The van der Waals surface area contributed by atoms with Crippen molar-refractivity contribution in [2.24, 2.45) is 0 Å². The highest BCUT2D eigenvalue weighted by Gasteiger charge is 2.15. The number of benzene rings is 3. The van der Waals surface area contributed by atoms with E-state index in [9.17, 15) is 9.59 Å². The minimum absolute atomic E-state index is 0.0284. The predicted octanol–water partition coefficient (Wildman–Crippen LogP) is 5.01. The molecule has 0 aliphatic heterocycles. The smallest absolute Gasteiger partial charge is 0.257 e. The first-order valence-electron chi connectivity index (χ1n) is 9.99. The first-order valence-corrected chi connectivity index (χ1v) is 9.99. The van der Waals surface area contributed by atoms with Crippen molar-refractivity contribution in [3.8, 4) is 0 Å². The topological polar surface area (TPSA) is 62.3 Å². The molecule has 30 heavy (non-hydrogen) atoms. The summed E-state index contributed by atoms with van der Waals surface area (Å²) in [5.74, 6) is -0.179. The van der Waals surface area contributed by atoms with E-state index in [1.807, 2.05) is 73.7 Å². The zero-order valence-electron chi connectivity index (χ0n) is 17.1. The van der Waals surface area contributed by atoms with Crippen LogP contribution in [0.1, 0.15) is 29.8 Å². The molecule has 0 unspecified atom stereocenters. The van der Waals surface area contributed by atoms with E-state index >= 15 is 0 Å². The minimum Gasteiger partial charge on any atom is -0.339 e. The van der Waals surface area contributed by atoms with E-state index in [1.165, 1.54) is 0 Å². The van der Waals surface area contributed by atoms with Gasteiger partial charge < -0.3 is 10.2 Å². The Morgan fingerprint density at radius 3 is 2.57 bits per heavy atom. The summed E-state index contributed by atoms with van der Waals surface area (Å²) in [6, 6.07) is 21.3. The van der Waals surface area contributed by atoms with Gasteiger partial charge in [-0.25, -0.2) is 0 Å². The molecular weight excluding hydrogens is 374 g/mol. The summed E-state index contributed by atoms with van der Waals surface area (Å²) in [5.41, 5.74) is 2.87. The Kier molecular flexibility index (Phi) is 5.44. The number of fused-ring (bicyclic) bond motifs is 3. The third-order valence-electron chi connectivity index (χ3n) is 5.24. The number of rotatable bonds is 5. The number of nitrogens with one attached hydrogen (secondary N) is 1. The average molecular weight is 397 g/mol. The average Bonchev–Trinajstić information content (AvgIpc) is 2.77. The molecule has 1 N–H and O–H groups in total. The van der Waals surface area contributed by atoms with Gasteiger partial charge in [0.05, 0.1) is 11.1 Å². The lowest BCUT2D eigenvalue weighted by Gasteiger charge is -2.19. The van der Waals surface area contributed by atoms with Gasteiger partial charge >= 0.3 is 0 Å². The number of hydrogen-bond donors (Lipinski definition) is 1. The molecule has 0 atom stereocenters. The summed E-state index contributed by atoms with van der Waals surface area (Å²) in [6.07, 6.45) is 1.70. The molecular formula is C25H23N3O2. The second-order valence-electron chi connectivity index (χ2n) is 7.23. The molecule has 0 bridgehead atoms. The highest BCUT2D eigenvalue weighted by molar-refractivity contribution is 6.18. The molecule has 5 heteroatoms. The Morgan fingerprint density at radius 2 is 1.77 bits per heavy atom. The van der Waals surface area contributed by atoms with Gasteiger partial charge in [-0.1, -0.05) is 42.5 Å². The third kappa shape index (κ3) is 3.87. The number of nitrogens with zero attached hydrogens (tertiary/aromatic N) is 2. The van der Waals surface area contributed by atoms with Crippen molar-refractivity contribution in [3.63, 3.8) is 0 Å². The van der Waals surface area contributed by atoms with E-state index in [-0.39, 0.29) is 11.8 Å². The molecule has 4 aromatic rings. The van der Waals surface area contributed by atoms with Crippen LogP contribution in [0.4, 0.5) is 5.69 Å². The van der Waals surface area contributed by atoms with Gasteiger partial charge in [0, 0.05) is 37.3 Å². The largest absolute Gasteiger partial charge is 0.339 e. The van der Waals surface area contributed by atoms with E-state index in [0.29, 0.717) is 29.9 Å². The van der Waals surface area contributed by atoms with Crippen molar-refractivity contribution in [1.82, 2.24) is 9.88 Å². The quantitative estimate of drug-likeness (QED) is 0.482. The number of amides is 2. The molecule has 0 radical (unpaired) electrons. The molecule has 150 valence electrons. The van der Waals surface area contributed by atoms with Gasteiger partial charge in [-0.2, -0.15) is 0 Å². The van der Waals surface area contributed by atoms with Crippen molar-refractivity contribution in [1.29, 1.82) is 0 Å². The lowest BCUT2D eigenvalue weighted by Crippen LogP contribution is -2.27. The lowest BCUT2D eigenvalue weighted by molar-refractivity contribution is -0.129. The van der Waals surface area contributed by atoms with Crippen LogP contribution >= 0.6 is 0 Å². The molecule has 0 aliphatic carbocycles.